The van der Waals surface area contributed by atoms with E-state index in [9.17, 15) is 15.3 Å². The lowest BCUT2D eigenvalue weighted by atomic mass is 10.0. The monoisotopic (exact) mass is 469 g/mol. The summed E-state index contributed by atoms with van der Waals surface area (Å²) in [6, 6.07) is 18.5. The van der Waals surface area contributed by atoms with Crippen LogP contribution >= 0.6 is 0 Å². The van der Waals surface area contributed by atoms with Gasteiger partial charge >= 0.3 is 0 Å². The number of nitrogens with zero attached hydrogens (tertiary/aromatic N) is 1. The molecular weight excluding hydrogens is 438 g/mol. The molecule has 0 atom stereocenters. The maximum absolute atomic E-state index is 10.3. The van der Waals surface area contributed by atoms with E-state index in [2.05, 4.69) is 4.90 Å². The molecule has 0 radical (unpaired) electrons. The molecule has 0 aliphatic heterocycles. The number of rotatable bonds is 5. The highest BCUT2D eigenvalue weighted by molar-refractivity contribution is 5.85. The molecule has 5 nitrogen and oxygen atoms in total. The minimum absolute atomic E-state index is 0.232. The van der Waals surface area contributed by atoms with Crippen molar-refractivity contribution in [3.05, 3.63) is 94.0 Å². The summed E-state index contributed by atoms with van der Waals surface area (Å²) in [5.41, 5.74) is 7.60. The lowest BCUT2D eigenvalue weighted by Crippen LogP contribution is -2.14. The molecule has 180 valence electrons. The van der Waals surface area contributed by atoms with Crippen LogP contribution in [0.15, 0.2) is 60.7 Å². The topological polar surface area (TPSA) is 73.2 Å². The molecule has 5 heteroatoms. The molecule has 0 aliphatic carbocycles. The van der Waals surface area contributed by atoms with Crippen LogP contribution in [0.2, 0.25) is 0 Å². The first-order valence-corrected chi connectivity index (χ1v) is 11.6. The number of aromatic hydroxyl groups is 3. The maximum Gasteiger partial charge on any atom is 0.151 e. The van der Waals surface area contributed by atoms with E-state index in [-0.39, 0.29) is 17.2 Å². The van der Waals surface area contributed by atoms with Crippen molar-refractivity contribution in [2.45, 2.75) is 41.5 Å². The molecule has 0 saturated heterocycles. The zero-order valence-electron chi connectivity index (χ0n) is 21.0. The SMILES string of the molecule is Cc1cc(Oc2ccccc2N(c2ccc(O)c(C)c2C)c2ccc(O)c(C)c2C)c(C)cc1O. The van der Waals surface area contributed by atoms with Crippen LogP contribution in [0.1, 0.15) is 33.4 Å². The molecule has 3 N–H and O–H groups in total. The number of benzene rings is 4. The highest BCUT2D eigenvalue weighted by Gasteiger charge is 2.23. The molecule has 0 fully saturated rings. The van der Waals surface area contributed by atoms with E-state index in [0.29, 0.717) is 11.5 Å². The average molecular weight is 470 g/mol. The van der Waals surface area contributed by atoms with Crippen LogP contribution in [0.3, 0.4) is 0 Å². The van der Waals surface area contributed by atoms with Gasteiger partial charge in [0.05, 0.1) is 5.69 Å². The van der Waals surface area contributed by atoms with Crippen LogP contribution in [0, 0.1) is 41.5 Å². The van der Waals surface area contributed by atoms with Gasteiger partial charge in [-0.05, 0) is 123 Å². The van der Waals surface area contributed by atoms with Crippen LogP contribution in [-0.2, 0) is 0 Å². The van der Waals surface area contributed by atoms with E-state index in [4.69, 9.17) is 4.74 Å². The van der Waals surface area contributed by atoms with Gasteiger partial charge in [-0.15, -0.1) is 0 Å². The third kappa shape index (κ3) is 4.37. The zero-order valence-corrected chi connectivity index (χ0v) is 21.0. The molecule has 4 aromatic carbocycles. The molecular formula is C30H31NO4. The predicted octanol–water partition coefficient (Wildman–Crippen LogP) is 7.92. The lowest BCUT2D eigenvalue weighted by Gasteiger charge is -2.31. The van der Waals surface area contributed by atoms with E-state index >= 15 is 0 Å². The third-order valence-electron chi connectivity index (χ3n) is 6.76. The summed E-state index contributed by atoms with van der Waals surface area (Å²) in [7, 11) is 0. The minimum atomic E-state index is 0.232. The number of aryl methyl sites for hydroxylation is 2. The van der Waals surface area contributed by atoms with Crippen molar-refractivity contribution in [2.24, 2.45) is 0 Å². The number of phenols is 3. The van der Waals surface area contributed by atoms with Gasteiger partial charge in [-0.3, -0.25) is 0 Å². The first kappa shape index (κ1) is 24.0. The number of hydrogen-bond donors (Lipinski definition) is 3. The Balaban J connectivity index is 1.97. The quantitative estimate of drug-likeness (QED) is 0.277. The number of phenolic OH excluding ortho intramolecular Hbond substituents is 3. The van der Waals surface area contributed by atoms with Gasteiger partial charge < -0.3 is 25.0 Å². The average Bonchev–Trinajstić information content (AvgIpc) is 2.83. The second-order valence-electron chi connectivity index (χ2n) is 9.02. The molecule has 0 aliphatic rings. The standard InChI is InChI=1S/C30H31NO4/c1-17-16-30(18(2)15-28(17)34)35-29-10-8-7-9-25(29)31(23-11-13-26(32)21(5)19(23)3)24-12-14-27(33)22(6)20(24)4/h7-16,32-34H,1-6H3. The summed E-state index contributed by atoms with van der Waals surface area (Å²) < 4.78 is 6.44. The molecule has 0 aromatic heterocycles. The summed E-state index contributed by atoms with van der Waals surface area (Å²) in [4.78, 5) is 2.10. The van der Waals surface area contributed by atoms with Crippen molar-refractivity contribution < 1.29 is 20.1 Å². The minimum Gasteiger partial charge on any atom is -0.508 e. The van der Waals surface area contributed by atoms with E-state index in [1.54, 1.807) is 18.2 Å². The van der Waals surface area contributed by atoms with Crippen molar-refractivity contribution in [2.75, 3.05) is 4.90 Å². The lowest BCUT2D eigenvalue weighted by molar-refractivity contribution is 0.458. The normalized spacial score (nSPS) is 10.9. The van der Waals surface area contributed by atoms with Gasteiger partial charge in [0.15, 0.2) is 5.75 Å². The summed E-state index contributed by atoms with van der Waals surface area (Å²) >= 11 is 0. The van der Waals surface area contributed by atoms with Gasteiger partial charge in [-0.1, -0.05) is 12.1 Å². The Labute approximate surface area is 206 Å². The Morgan fingerprint density at radius 3 is 1.63 bits per heavy atom. The summed E-state index contributed by atoms with van der Waals surface area (Å²) in [5, 5.41) is 30.7. The Morgan fingerprint density at radius 1 is 0.514 bits per heavy atom. The Hall–Kier alpha value is -4.12. The number of para-hydroxylation sites is 2. The largest absolute Gasteiger partial charge is 0.508 e. The maximum atomic E-state index is 10.3. The van der Waals surface area contributed by atoms with Crippen LogP contribution in [-0.4, -0.2) is 15.3 Å². The van der Waals surface area contributed by atoms with Crippen molar-refractivity contribution in [3.8, 4) is 28.7 Å². The van der Waals surface area contributed by atoms with Gasteiger partial charge in [0, 0.05) is 11.4 Å². The van der Waals surface area contributed by atoms with Gasteiger partial charge in [0.25, 0.3) is 0 Å². The first-order chi connectivity index (χ1) is 16.6. The predicted molar refractivity (Wildman–Crippen MR) is 141 cm³/mol. The molecule has 0 heterocycles. The molecule has 0 spiro atoms. The van der Waals surface area contributed by atoms with Crippen molar-refractivity contribution in [1.29, 1.82) is 0 Å². The molecule has 4 aromatic rings. The van der Waals surface area contributed by atoms with Crippen LogP contribution in [0.25, 0.3) is 0 Å². The Kier molecular flexibility index (Phi) is 6.35. The van der Waals surface area contributed by atoms with Crippen molar-refractivity contribution in [1.82, 2.24) is 0 Å². The molecule has 4 rings (SSSR count). The van der Waals surface area contributed by atoms with Gasteiger partial charge in [-0.2, -0.15) is 0 Å². The van der Waals surface area contributed by atoms with Crippen molar-refractivity contribution >= 4 is 17.1 Å². The highest BCUT2D eigenvalue weighted by Crippen LogP contribution is 2.46. The van der Waals surface area contributed by atoms with Gasteiger partial charge in [0.1, 0.15) is 23.0 Å². The fourth-order valence-corrected chi connectivity index (χ4v) is 4.19. The number of anilines is 3. The molecule has 0 bridgehead atoms. The first-order valence-electron chi connectivity index (χ1n) is 11.6. The molecule has 35 heavy (non-hydrogen) atoms. The second-order valence-corrected chi connectivity index (χ2v) is 9.02. The third-order valence-corrected chi connectivity index (χ3v) is 6.76. The molecule has 0 unspecified atom stereocenters. The van der Waals surface area contributed by atoms with Crippen molar-refractivity contribution in [3.63, 3.8) is 0 Å². The Bertz CT molecular complexity index is 1370. The van der Waals surface area contributed by atoms with E-state index in [1.807, 2.05) is 84.0 Å². The number of hydrogen-bond acceptors (Lipinski definition) is 5. The second kappa shape index (κ2) is 9.26. The smallest absolute Gasteiger partial charge is 0.151 e. The molecule has 0 saturated carbocycles. The Morgan fingerprint density at radius 2 is 1.06 bits per heavy atom. The summed E-state index contributed by atoms with van der Waals surface area (Å²) in [6.07, 6.45) is 0. The van der Waals surface area contributed by atoms with Crippen LogP contribution in [0.5, 0.6) is 28.7 Å². The highest BCUT2D eigenvalue weighted by atomic mass is 16.5. The van der Waals surface area contributed by atoms with Gasteiger partial charge in [0.2, 0.25) is 0 Å². The van der Waals surface area contributed by atoms with E-state index in [0.717, 1.165) is 50.4 Å². The van der Waals surface area contributed by atoms with Crippen LogP contribution in [0.4, 0.5) is 17.1 Å². The summed E-state index contributed by atoms with van der Waals surface area (Å²) in [5.74, 6) is 2.00. The van der Waals surface area contributed by atoms with E-state index < -0.39 is 0 Å². The zero-order chi connectivity index (χ0) is 25.4. The summed E-state index contributed by atoms with van der Waals surface area (Å²) in [6.45, 7) is 11.5. The number of ether oxygens (including phenoxy) is 1. The van der Waals surface area contributed by atoms with Gasteiger partial charge in [-0.25, -0.2) is 0 Å². The molecule has 0 amide bonds. The fraction of sp³-hybridized carbons (Fsp3) is 0.200. The van der Waals surface area contributed by atoms with Crippen LogP contribution < -0.4 is 9.64 Å². The van der Waals surface area contributed by atoms with E-state index in [1.165, 1.54) is 0 Å². The fourth-order valence-electron chi connectivity index (χ4n) is 4.19.